The Balaban J connectivity index is 2.19. The van der Waals surface area contributed by atoms with E-state index in [1.165, 1.54) is 12.1 Å². The zero-order valence-corrected chi connectivity index (χ0v) is 11.5. The van der Waals surface area contributed by atoms with Gasteiger partial charge in [0.1, 0.15) is 11.9 Å². The normalized spacial score (nSPS) is 12.2. The average molecular weight is 271 g/mol. The van der Waals surface area contributed by atoms with Crippen LogP contribution in [-0.2, 0) is 0 Å². The molecule has 0 aliphatic heterocycles. The lowest BCUT2D eigenvalue weighted by Crippen LogP contribution is -2.14. The van der Waals surface area contributed by atoms with Gasteiger partial charge in [0.15, 0.2) is 0 Å². The third kappa shape index (κ3) is 3.35. The van der Waals surface area contributed by atoms with Crippen LogP contribution in [0.2, 0.25) is 0 Å². The molecule has 2 aromatic carbocycles. The van der Waals surface area contributed by atoms with Crippen LogP contribution in [0.25, 0.3) is 0 Å². The van der Waals surface area contributed by atoms with Gasteiger partial charge in [0, 0.05) is 12.1 Å². The fourth-order valence-electron chi connectivity index (χ4n) is 2.02. The highest BCUT2D eigenvalue weighted by atomic mass is 16.6. The van der Waals surface area contributed by atoms with Crippen LogP contribution in [0, 0.1) is 16.0 Å². The molecule has 0 aliphatic rings. The molecule has 0 heterocycles. The summed E-state index contributed by atoms with van der Waals surface area (Å²) in [6.07, 6.45) is -0.0716. The molecule has 0 spiro atoms. The third-order valence-electron chi connectivity index (χ3n) is 3.04. The number of nitro benzene ring substituents is 1. The molecule has 0 radical (unpaired) electrons. The van der Waals surface area contributed by atoms with Crippen LogP contribution in [0.1, 0.15) is 25.5 Å². The van der Waals surface area contributed by atoms with Crippen molar-refractivity contribution in [1.82, 2.24) is 0 Å². The third-order valence-corrected chi connectivity index (χ3v) is 3.04. The van der Waals surface area contributed by atoms with E-state index in [4.69, 9.17) is 4.74 Å². The van der Waals surface area contributed by atoms with Gasteiger partial charge in [-0.15, -0.1) is 0 Å². The zero-order valence-electron chi connectivity index (χ0n) is 11.5. The van der Waals surface area contributed by atoms with Crippen molar-refractivity contribution >= 4 is 5.69 Å². The Labute approximate surface area is 118 Å². The molecule has 4 heteroatoms. The highest BCUT2D eigenvalue weighted by molar-refractivity contribution is 5.36. The lowest BCUT2D eigenvalue weighted by molar-refractivity contribution is -0.384. The van der Waals surface area contributed by atoms with Crippen molar-refractivity contribution in [1.29, 1.82) is 0 Å². The standard InChI is InChI=1S/C16H17NO3/c1-12(2)16(13-6-4-3-5-7-13)20-15-10-8-14(9-11-15)17(18)19/h3-12,16H,1-2H3. The van der Waals surface area contributed by atoms with Gasteiger partial charge >= 0.3 is 0 Å². The first-order valence-electron chi connectivity index (χ1n) is 6.54. The number of hydrogen-bond donors (Lipinski definition) is 0. The first-order valence-corrected chi connectivity index (χ1v) is 6.54. The summed E-state index contributed by atoms with van der Waals surface area (Å²) in [5.41, 5.74) is 1.17. The molecular formula is C16H17NO3. The van der Waals surface area contributed by atoms with Crippen molar-refractivity contribution in [3.63, 3.8) is 0 Å². The highest BCUT2D eigenvalue weighted by Gasteiger charge is 2.17. The van der Waals surface area contributed by atoms with Gasteiger partial charge in [-0.1, -0.05) is 44.2 Å². The van der Waals surface area contributed by atoms with Crippen molar-refractivity contribution in [2.45, 2.75) is 20.0 Å². The number of rotatable bonds is 5. The summed E-state index contributed by atoms with van der Waals surface area (Å²) in [5, 5.41) is 10.6. The summed E-state index contributed by atoms with van der Waals surface area (Å²) >= 11 is 0. The molecule has 0 fully saturated rings. The molecule has 0 N–H and O–H groups in total. The summed E-state index contributed by atoms with van der Waals surface area (Å²) in [5.74, 6) is 0.936. The molecular weight excluding hydrogens is 254 g/mol. The zero-order chi connectivity index (χ0) is 14.5. The quantitative estimate of drug-likeness (QED) is 0.599. The minimum absolute atomic E-state index is 0.0677. The lowest BCUT2D eigenvalue weighted by Gasteiger charge is -2.23. The minimum atomic E-state index is -0.416. The van der Waals surface area contributed by atoms with Crippen LogP contribution >= 0.6 is 0 Å². The predicted molar refractivity (Wildman–Crippen MR) is 77.7 cm³/mol. The van der Waals surface area contributed by atoms with E-state index < -0.39 is 4.92 Å². The van der Waals surface area contributed by atoms with Crippen LogP contribution in [0.4, 0.5) is 5.69 Å². The summed E-state index contributed by atoms with van der Waals surface area (Å²) in [4.78, 5) is 10.2. The molecule has 0 aromatic heterocycles. The summed E-state index contributed by atoms with van der Waals surface area (Å²) in [6, 6.07) is 16.1. The van der Waals surface area contributed by atoms with E-state index >= 15 is 0 Å². The highest BCUT2D eigenvalue weighted by Crippen LogP contribution is 2.29. The fourth-order valence-corrected chi connectivity index (χ4v) is 2.02. The average Bonchev–Trinajstić information content (AvgIpc) is 2.46. The smallest absolute Gasteiger partial charge is 0.269 e. The van der Waals surface area contributed by atoms with Crippen LogP contribution in [0.15, 0.2) is 54.6 Å². The summed E-state index contributed by atoms with van der Waals surface area (Å²) in [7, 11) is 0. The second-order valence-electron chi connectivity index (χ2n) is 4.94. The van der Waals surface area contributed by atoms with Gasteiger partial charge in [0.05, 0.1) is 4.92 Å². The number of nitrogens with zero attached hydrogens (tertiary/aromatic N) is 1. The van der Waals surface area contributed by atoms with Gasteiger partial charge in [-0.05, 0) is 23.6 Å². The van der Waals surface area contributed by atoms with Gasteiger partial charge in [-0.2, -0.15) is 0 Å². The topological polar surface area (TPSA) is 52.4 Å². The van der Waals surface area contributed by atoms with Gasteiger partial charge in [-0.3, -0.25) is 10.1 Å². The SMILES string of the molecule is CC(C)C(Oc1ccc([N+](=O)[O-])cc1)c1ccccc1. The van der Waals surface area contributed by atoms with E-state index in [1.807, 2.05) is 30.3 Å². The van der Waals surface area contributed by atoms with Crippen LogP contribution in [-0.4, -0.2) is 4.92 Å². The lowest BCUT2D eigenvalue weighted by atomic mass is 9.99. The fraction of sp³-hybridized carbons (Fsp3) is 0.250. The van der Waals surface area contributed by atoms with Crippen molar-refractivity contribution in [2.75, 3.05) is 0 Å². The predicted octanol–water partition coefficient (Wildman–Crippen LogP) is 4.37. The second kappa shape index (κ2) is 6.19. The van der Waals surface area contributed by atoms with Crippen molar-refractivity contribution in [2.24, 2.45) is 5.92 Å². The maximum Gasteiger partial charge on any atom is 0.269 e. The van der Waals surface area contributed by atoms with E-state index in [-0.39, 0.29) is 11.8 Å². The number of ether oxygens (including phenoxy) is 1. The van der Waals surface area contributed by atoms with E-state index in [0.29, 0.717) is 11.7 Å². The van der Waals surface area contributed by atoms with E-state index in [0.717, 1.165) is 5.56 Å². The molecule has 20 heavy (non-hydrogen) atoms. The molecule has 0 aliphatic carbocycles. The molecule has 104 valence electrons. The number of nitro groups is 1. The Morgan fingerprint density at radius 3 is 2.10 bits per heavy atom. The maximum absolute atomic E-state index is 10.6. The van der Waals surface area contributed by atoms with Crippen LogP contribution in [0.3, 0.4) is 0 Å². The first-order chi connectivity index (χ1) is 9.58. The first kappa shape index (κ1) is 14.1. The molecule has 0 saturated heterocycles. The molecule has 0 bridgehead atoms. The summed E-state index contributed by atoms with van der Waals surface area (Å²) < 4.78 is 5.97. The van der Waals surface area contributed by atoms with Crippen molar-refractivity contribution in [3.8, 4) is 5.75 Å². The van der Waals surface area contributed by atoms with E-state index in [1.54, 1.807) is 12.1 Å². The molecule has 1 atom stereocenters. The molecule has 1 unspecified atom stereocenters. The number of non-ortho nitro benzene ring substituents is 1. The van der Waals surface area contributed by atoms with Crippen molar-refractivity contribution in [3.05, 3.63) is 70.3 Å². The number of benzene rings is 2. The van der Waals surface area contributed by atoms with Gasteiger partial charge < -0.3 is 4.74 Å². The van der Waals surface area contributed by atoms with Gasteiger partial charge in [0.25, 0.3) is 5.69 Å². The minimum Gasteiger partial charge on any atom is -0.485 e. The Bertz CT molecular complexity index is 564. The van der Waals surface area contributed by atoms with Crippen LogP contribution in [0.5, 0.6) is 5.75 Å². The van der Waals surface area contributed by atoms with E-state index in [2.05, 4.69) is 13.8 Å². The van der Waals surface area contributed by atoms with E-state index in [9.17, 15) is 10.1 Å². The molecule has 0 saturated carbocycles. The Morgan fingerprint density at radius 1 is 1.00 bits per heavy atom. The number of hydrogen-bond acceptors (Lipinski definition) is 3. The maximum atomic E-state index is 10.6. The monoisotopic (exact) mass is 271 g/mol. The van der Waals surface area contributed by atoms with Crippen LogP contribution < -0.4 is 4.74 Å². The Kier molecular flexibility index (Phi) is 4.35. The van der Waals surface area contributed by atoms with Crippen molar-refractivity contribution < 1.29 is 9.66 Å². The Hall–Kier alpha value is -2.36. The molecule has 2 aromatic rings. The molecule has 4 nitrogen and oxygen atoms in total. The second-order valence-corrected chi connectivity index (χ2v) is 4.94. The van der Waals surface area contributed by atoms with Gasteiger partial charge in [0.2, 0.25) is 0 Å². The largest absolute Gasteiger partial charge is 0.485 e. The van der Waals surface area contributed by atoms with Gasteiger partial charge in [-0.25, -0.2) is 0 Å². The molecule has 2 rings (SSSR count). The summed E-state index contributed by atoms with van der Waals surface area (Å²) in [6.45, 7) is 4.17. The Morgan fingerprint density at radius 2 is 1.60 bits per heavy atom. The molecule has 0 amide bonds.